The first-order chi connectivity index (χ1) is 9.94. The van der Waals surface area contributed by atoms with Gasteiger partial charge < -0.3 is 19.2 Å². The van der Waals surface area contributed by atoms with E-state index in [4.69, 9.17) is 13.9 Å². The van der Waals surface area contributed by atoms with Crippen molar-refractivity contribution in [1.82, 2.24) is 10.2 Å². The van der Waals surface area contributed by atoms with E-state index in [0.29, 0.717) is 29.0 Å². The summed E-state index contributed by atoms with van der Waals surface area (Å²) in [6.45, 7) is 7.12. The van der Waals surface area contributed by atoms with Crippen LogP contribution in [-0.2, 0) is 0 Å². The summed E-state index contributed by atoms with van der Waals surface area (Å²) in [5.74, 6) is 1.59. The molecular weight excluding hydrogens is 270 g/mol. The fraction of sp³-hybridized carbons (Fsp3) is 0.467. The molecule has 6 nitrogen and oxygen atoms in total. The fourth-order valence-electron chi connectivity index (χ4n) is 1.80. The molecule has 0 amide bonds. The Bertz CT molecular complexity index is 602. The van der Waals surface area contributed by atoms with Gasteiger partial charge in [-0.25, -0.2) is 0 Å². The van der Waals surface area contributed by atoms with E-state index in [1.54, 1.807) is 14.2 Å². The van der Waals surface area contributed by atoms with Crippen LogP contribution >= 0.6 is 0 Å². The van der Waals surface area contributed by atoms with Crippen molar-refractivity contribution >= 4 is 6.01 Å². The lowest BCUT2D eigenvalue weighted by atomic mass is 9.97. The molecule has 6 heteroatoms. The number of rotatable bonds is 5. The molecule has 0 aliphatic heterocycles. The predicted octanol–water partition coefficient (Wildman–Crippen LogP) is 3.21. The number of ether oxygens (including phenoxy) is 2. The summed E-state index contributed by atoms with van der Waals surface area (Å²) in [5, 5.41) is 11.2. The van der Waals surface area contributed by atoms with Crippen molar-refractivity contribution in [2.75, 3.05) is 26.1 Å². The maximum atomic E-state index is 5.64. The maximum absolute atomic E-state index is 5.64. The Kier molecular flexibility index (Phi) is 4.35. The molecule has 1 heterocycles. The lowest BCUT2D eigenvalue weighted by Gasteiger charge is -2.17. The third kappa shape index (κ3) is 3.65. The first kappa shape index (κ1) is 15.2. The van der Waals surface area contributed by atoms with Crippen LogP contribution in [0.4, 0.5) is 6.01 Å². The van der Waals surface area contributed by atoms with Crippen LogP contribution in [0, 0.1) is 5.41 Å². The highest BCUT2D eigenvalue weighted by molar-refractivity contribution is 5.67. The minimum absolute atomic E-state index is 0.127. The third-order valence-electron chi connectivity index (χ3n) is 2.83. The van der Waals surface area contributed by atoms with Gasteiger partial charge in [0.15, 0.2) is 11.5 Å². The SMILES string of the molecule is COc1cccc(-c2nnc(NCC(C)(C)C)o2)c1OC. The van der Waals surface area contributed by atoms with Gasteiger partial charge in [-0.05, 0) is 17.5 Å². The lowest BCUT2D eigenvalue weighted by molar-refractivity contribution is 0.355. The number of aromatic nitrogens is 2. The number of methoxy groups -OCH3 is 2. The molecule has 0 saturated carbocycles. The van der Waals surface area contributed by atoms with Gasteiger partial charge in [0.25, 0.3) is 5.89 Å². The molecule has 0 atom stereocenters. The van der Waals surface area contributed by atoms with Gasteiger partial charge in [-0.1, -0.05) is 31.9 Å². The van der Waals surface area contributed by atoms with Crippen LogP contribution in [0.3, 0.4) is 0 Å². The third-order valence-corrected chi connectivity index (χ3v) is 2.83. The maximum Gasteiger partial charge on any atom is 0.315 e. The number of hydrogen-bond donors (Lipinski definition) is 1. The molecule has 2 rings (SSSR count). The largest absolute Gasteiger partial charge is 0.493 e. The Morgan fingerprint density at radius 2 is 1.90 bits per heavy atom. The molecule has 114 valence electrons. The highest BCUT2D eigenvalue weighted by Crippen LogP contribution is 2.37. The normalized spacial score (nSPS) is 11.3. The van der Waals surface area contributed by atoms with E-state index in [-0.39, 0.29) is 5.41 Å². The van der Waals surface area contributed by atoms with Gasteiger partial charge in [0.1, 0.15) is 0 Å². The number of nitrogens with one attached hydrogen (secondary N) is 1. The van der Waals surface area contributed by atoms with Crippen LogP contribution in [0.5, 0.6) is 11.5 Å². The Morgan fingerprint density at radius 1 is 1.14 bits per heavy atom. The minimum Gasteiger partial charge on any atom is -0.493 e. The summed E-state index contributed by atoms with van der Waals surface area (Å²) >= 11 is 0. The fourth-order valence-corrected chi connectivity index (χ4v) is 1.80. The number of nitrogens with zero attached hydrogens (tertiary/aromatic N) is 2. The second kappa shape index (κ2) is 6.03. The lowest BCUT2D eigenvalue weighted by Crippen LogP contribution is -2.19. The van der Waals surface area contributed by atoms with E-state index in [1.807, 2.05) is 18.2 Å². The molecular formula is C15H21N3O3. The van der Waals surface area contributed by atoms with Crippen LogP contribution in [0.15, 0.2) is 22.6 Å². The Morgan fingerprint density at radius 3 is 2.52 bits per heavy atom. The van der Waals surface area contributed by atoms with Gasteiger partial charge in [0.05, 0.1) is 19.8 Å². The average Bonchev–Trinajstić information content (AvgIpc) is 2.92. The van der Waals surface area contributed by atoms with Gasteiger partial charge in [-0.15, -0.1) is 5.10 Å². The van der Waals surface area contributed by atoms with E-state index in [2.05, 4.69) is 36.3 Å². The van der Waals surface area contributed by atoms with Crippen LogP contribution in [0.2, 0.25) is 0 Å². The Labute approximate surface area is 124 Å². The van der Waals surface area contributed by atoms with Crippen LogP contribution < -0.4 is 14.8 Å². The molecule has 0 aliphatic rings. The standard InChI is InChI=1S/C15H21N3O3/c1-15(2,3)9-16-14-18-17-13(21-14)10-7-6-8-11(19-4)12(10)20-5/h6-8H,9H2,1-5H3,(H,16,18). The highest BCUT2D eigenvalue weighted by Gasteiger charge is 2.18. The summed E-state index contributed by atoms with van der Waals surface area (Å²) in [4.78, 5) is 0. The number of para-hydroxylation sites is 1. The molecule has 21 heavy (non-hydrogen) atoms. The molecule has 0 bridgehead atoms. The summed E-state index contributed by atoms with van der Waals surface area (Å²) in [6, 6.07) is 5.91. The van der Waals surface area contributed by atoms with Crippen molar-refractivity contribution in [2.45, 2.75) is 20.8 Å². The highest BCUT2D eigenvalue weighted by atomic mass is 16.5. The summed E-state index contributed by atoms with van der Waals surface area (Å²) < 4.78 is 16.3. The van der Waals surface area contributed by atoms with Crippen molar-refractivity contribution in [1.29, 1.82) is 0 Å². The zero-order valence-electron chi connectivity index (χ0n) is 13.1. The molecule has 1 aromatic heterocycles. The minimum atomic E-state index is 0.127. The first-order valence-corrected chi connectivity index (χ1v) is 6.73. The van der Waals surface area contributed by atoms with Crippen molar-refractivity contribution in [3.63, 3.8) is 0 Å². The van der Waals surface area contributed by atoms with E-state index >= 15 is 0 Å². The number of hydrogen-bond acceptors (Lipinski definition) is 6. The Hall–Kier alpha value is -2.24. The topological polar surface area (TPSA) is 69.4 Å². The second-order valence-electron chi connectivity index (χ2n) is 5.87. The van der Waals surface area contributed by atoms with Crippen LogP contribution in [0.25, 0.3) is 11.5 Å². The molecule has 0 fully saturated rings. The quantitative estimate of drug-likeness (QED) is 0.912. The Balaban J connectivity index is 2.25. The van der Waals surface area contributed by atoms with Gasteiger partial charge >= 0.3 is 6.01 Å². The van der Waals surface area contributed by atoms with Crippen LogP contribution in [-0.4, -0.2) is 31.0 Å². The van der Waals surface area contributed by atoms with Crippen molar-refractivity contribution in [2.24, 2.45) is 5.41 Å². The molecule has 1 aromatic carbocycles. The van der Waals surface area contributed by atoms with Crippen molar-refractivity contribution in [3.8, 4) is 23.0 Å². The molecule has 0 spiro atoms. The zero-order chi connectivity index (χ0) is 15.5. The van der Waals surface area contributed by atoms with Crippen molar-refractivity contribution in [3.05, 3.63) is 18.2 Å². The summed E-state index contributed by atoms with van der Waals surface area (Å²) in [7, 11) is 3.17. The van der Waals surface area contributed by atoms with Gasteiger partial charge in [0.2, 0.25) is 0 Å². The summed E-state index contributed by atoms with van der Waals surface area (Å²) in [6.07, 6.45) is 0. The first-order valence-electron chi connectivity index (χ1n) is 6.73. The number of benzene rings is 1. The average molecular weight is 291 g/mol. The van der Waals surface area contributed by atoms with E-state index in [1.165, 1.54) is 0 Å². The van der Waals surface area contributed by atoms with Gasteiger partial charge in [-0.3, -0.25) is 0 Å². The van der Waals surface area contributed by atoms with Crippen molar-refractivity contribution < 1.29 is 13.9 Å². The molecule has 1 N–H and O–H groups in total. The monoisotopic (exact) mass is 291 g/mol. The molecule has 0 radical (unpaired) electrons. The van der Waals surface area contributed by atoms with Gasteiger partial charge in [-0.2, -0.15) is 0 Å². The molecule has 0 aliphatic carbocycles. The second-order valence-corrected chi connectivity index (χ2v) is 5.87. The van der Waals surface area contributed by atoms with E-state index < -0.39 is 0 Å². The van der Waals surface area contributed by atoms with E-state index in [9.17, 15) is 0 Å². The molecule has 0 saturated heterocycles. The van der Waals surface area contributed by atoms with Gasteiger partial charge in [0, 0.05) is 6.54 Å². The molecule has 0 unspecified atom stereocenters. The summed E-state index contributed by atoms with van der Waals surface area (Å²) in [5.41, 5.74) is 0.829. The predicted molar refractivity (Wildman–Crippen MR) is 80.8 cm³/mol. The number of anilines is 1. The molecule has 2 aromatic rings. The zero-order valence-corrected chi connectivity index (χ0v) is 13.1. The smallest absolute Gasteiger partial charge is 0.315 e. The van der Waals surface area contributed by atoms with E-state index in [0.717, 1.165) is 6.54 Å². The van der Waals surface area contributed by atoms with Crippen LogP contribution in [0.1, 0.15) is 20.8 Å².